The fourth-order valence-corrected chi connectivity index (χ4v) is 1.70. The molecule has 1 amide bonds. The van der Waals surface area contributed by atoms with E-state index in [-0.39, 0.29) is 23.4 Å². The van der Waals surface area contributed by atoms with Crippen LogP contribution in [0.25, 0.3) is 0 Å². The predicted molar refractivity (Wildman–Crippen MR) is 51.9 cm³/mol. The number of halogens is 1. The van der Waals surface area contributed by atoms with E-state index in [1.54, 1.807) is 0 Å². The minimum Gasteiger partial charge on any atom is -0.375 e. The van der Waals surface area contributed by atoms with Gasteiger partial charge in [0.05, 0.1) is 5.60 Å². The van der Waals surface area contributed by atoms with Crippen molar-refractivity contribution in [1.29, 1.82) is 0 Å². The van der Waals surface area contributed by atoms with Crippen molar-refractivity contribution in [1.82, 2.24) is 5.32 Å². The first kappa shape index (κ1) is 10.8. The largest absolute Gasteiger partial charge is 0.375 e. The smallest absolute Gasteiger partial charge is 0.235 e. The quantitative estimate of drug-likeness (QED) is 0.691. The van der Waals surface area contributed by atoms with Crippen LogP contribution in [-0.4, -0.2) is 30.0 Å². The third-order valence-electron chi connectivity index (χ3n) is 2.18. The van der Waals surface area contributed by atoms with Crippen molar-refractivity contribution in [3.05, 3.63) is 0 Å². The lowest BCUT2D eigenvalue weighted by molar-refractivity contribution is -0.121. The number of hydrogen-bond acceptors (Lipinski definition) is 2. The third kappa shape index (κ3) is 3.53. The first-order valence-electron chi connectivity index (χ1n) is 4.53. The number of carbonyl (C=O) groups is 1. The summed E-state index contributed by atoms with van der Waals surface area (Å²) in [5.74, 6) is -0.0537. The van der Waals surface area contributed by atoms with Crippen LogP contribution in [0.4, 0.5) is 0 Å². The predicted octanol–water partition coefficient (Wildman–Crippen LogP) is 1.30. The highest BCUT2D eigenvalue weighted by Crippen LogP contribution is 2.23. The van der Waals surface area contributed by atoms with Gasteiger partial charge in [0.1, 0.15) is 5.88 Å². The summed E-state index contributed by atoms with van der Waals surface area (Å²) < 4.78 is 5.53. The Labute approximate surface area is 83.8 Å². The van der Waals surface area contributed by atoms with E-state index >= 15 is 0 Å². The van der Waals surface area contributed by atoms with Gasteiger partial charge in [-0.2, -0.15) is 0 Å². The number of hydrogen-bond donors (Lipinski definition) is 1. The number of rotatable bonds is 2. The lowest BCUT2D eigenvalue weighted by atomic mass is 9.94. The summed E-state index contributed by atoms with van der Waals surface area (Å²) in [6, 6.07) is 0.218. The second kappa shape index (κ2) is 4.29. The summed E-state index contributed by atoms with van der Waals surface area (Å²) in [6.07, 6.45) is 1.74. The fourth-order valence-electron chi connectivity index (χ4n) is 1.62. The van der Waals surface area contributed by atoms with Gasteiger partial charge in [0.25, 0.3) is 0 Å². The van der Waals surface area contributed by atoms with Gasteiger partial charge in [0, 0.05) is 12.6 Å². The van der Waals surface area contributed by atoms with Crippen molar-refractivity contribution in [3.8, 4) is 0 Å². The zero-order valence-electron chi connectivity index (χ0n) is 8.10. The van der Waals surface area contributed by atoms with Gasteiger partial charge in [-0.1, -0.05) is 0 Å². The van der Waals surface area contributed by atoms with E-state index in [0.717, 1.165) is 12.8 Å². The lowest BCUT2D eigenvalue weighted by Gasteiger charge is -2.35. The molecule has 13 heavy (non-hydrogen) atoms. The van der Waals surface area contributed by atoms with Gasteiger partial charge in [-0.15, -0.1) is 11.6 Å². The number of nitrogens with one attached hydrogen (secondary N) is 1. The number of ether oxygens (including phenoxy) is 1. The summed E-state index contributed by atoms with van der Waals surface area (Å²) in [5.41, 5.74) is -0.123. The molecule has 0 aliphatic carbocycles. The third-order valence-corrected chi connectivity index (χ3v) is 2.43. The van der Waals surface area contributed by atoms with Crippen molar-refractivity contribution >= 4 is 17.5 Å². The van der Waals surface area contributed by atoms with Crippen LogP contribution in [0.5, 0.6) is 0 Å². The average Bonchev–Trinajstić information content (AvgIpc) is 2.02. The zero-order chi connectivity index (χ0) is 9.90. The van der Waals surface area contributed by atoms with Gasteiger partial charge in [-0.25, -0.2) is 0 Å². The summed E-state index contributed by atoms with van der Waals surface area (Å²) >= 11 is 5.40. The molecule has 1 aliphatic heterocycles. The molecule has 0 radical (unpaired) electrons. The van der Waals surface area contributed by atoms with Gasteiger partial charge in [-0.05, 0) is 26.7 Å². The molecule has 0 aromatic rings. The highest BCUT2D eigenvalue weighted by atomic mass is 35.5. The summed E-state index contributed by atoms with van der Waals surface area (Å²) in [4.78, 5) is 11.0. The Hall–Kier alpha value is -0.280. The molecule has 0 aromatic heterocycles. The first-order valence-corrected chi connectivity index (χ1v) is 5.06. The molecular weight excluding hydrogens is 190 g/mol. The SMILES string of the molecule is CC1(C)CC(NC(=O)CCl)CCO1. The molecule has 1 heterocycles. The maximum atomic E-state index is 11.0. The van der Waals surface area contributed by atoms with Crippen LogP contribution in [0.2, 0.25) is 0 Å². The van der Waals surface area contributed by atoms with Gasteiger partial charge >= 0.3 is 0 Å². The summed E-state index contributed by atoms with van der Waals surface area (Å²) in [5, 5.41) is 2.87. The standard InChI is InChI=1S/C9H16ClNO2/c1-9(2)5-7(3-4-13-9)11-8(12)6-10/h7H,3-6H2,1-2H3,(H,11,12). The Bertz CT molecular complexity index is 194. The van der Waals surface area contributed by atoms with E-state index < -0.39 is 0 Å². The Morgan fingerprint density at radius 3 is 2.92 bits per heavy atom. The van der Waals surface area contributed by atoms with Crippen LogP contribution in [0, 0.1) is 0 Å². The maximum absolute atomic E-state index is 11.0. The van der Waals surface area contributed by atoms with Crippen LogP contribution in [-0.2, 0) is 9.53 Å². The van der Waals surface area contributed by atoms with E-state index in [0.29, 0.717) is 6.61 Å². The topological polar surface area (TPSA) is 38.3 Å². The van der Waals surface area contributed by atoms with Crippen LogP contribution in [0.15, 0.2) is 0 Å². The van der Waals surface area contributed by atoms with Crippen LogP contribution >= 0.6 is 11.6 Å². The minimum absolute atomic E-state index is 0.0395. The normalized spacial score (nSPS) is 26.8. The molecule has 1 rings (SSSR count). The second-order valence-electron chi connectivity index (χ2n) is 4.00. The van der Waals surface area contributed by atoms with Crippen molar-refractivity contribution in [2.75, 3.05) is 12.5 Å². The second-order valence-corrected chi connectivity index (χ2v) is 4.27. The van der Waals surface area contributed by atoms with E-state index in [9.17, 15) is 4.79 Å². The van der Waals surface area contributed by atoms with E-state index in [2.05, 4.69) is 5.32 Å². The monoisotopic (exact) mass is 205 g/mol. The fraction of sp³-hybridized carbons (Fsp3) is 0.889. The molecule has 3 nitrogen and oxygen atoms in total. The molecule has 0 saturated carbocycles. The zero-order valence-corrected chi connectivity index (χ0v) is 8.86. The molecule has 76 valence electrons. The molecular formula is C9H16ClNO2. The minimum atomic E-state index is -0.123. The van der Waals surface area contributed by atoms with Gasteiger partial charge in [0.2, 0.25) is 5.91 Å². The molecule has 0 bridgehead atoms. The van der Waals surface area contributed by atoms with Crippen molar-refractivity contribution in [3.63, 3.8) is 0 Å². The van der Waals surface area contributed by atoms with Gasteiger partial charge in [-0.3, -0.25) is 4.79 Å². The maximum Gasteiger partial charge on any atom is 0.235 e. The van der Waals surface area contributed by atoms with Crippen molar-refractivity contribution < 1.29 is 9.53 Å². The Kier molecular flexibility index (Phi) is 3.56. The first-order chi connectivity index (χ1) is 6.03. The Morgan fingerprint density at radius 2 is 2.38 bits per heavy atom. The summed E-state index contributed by atoms with van der Waals surface area (Å²) in [6.45, 7) is 4.78. The summed E-state index contributed by atoms with van der Waals surface area (Å²) in [7, 11) is 0. The highest BCUT2D eigenvalue weighted by molar-refractivity contribution is 6.27. The van der Waals surface area contributed by atoms with Gasteiger partial charge in [0.15, 0.2) is 0 Å². The van der Waals surface area contributed by atoms with Crippen molar-refractivity contribution in [2.45, 2.75) is 38.3 Å². The molecule has 4 heteroatoms. The molecule has 1 aliphatic rings. The van der Waals surface area contributed by atoms with E-state index in [4.69, 9.17) is 16.3 Å². The van der Waals surface area contributed by atoms with Crippen molar-refractivity contribution in [2.24, 2.45) is 0 Å². The van der Waals surface area contributed by atoms with Gasteiger partial charge < -0.3 is 10.1 Å². The van der Waals surface area contributed by atoms with Crippen LogP contribution in [0.3, 0.4) is 0 Å². The molecule has 0 aromatic carbocycles. The molecule has 1 saturated heterocycles. The van der Waals surface area contributed by atoms with E-state index in [1.807, 2.05) is 13.8 Å². The number of carbonyl (C=O) groups excluding carboxylic acids is 1. The molecule has 1 N–H and O–H groups in total. The average molecular weight is 206 g/mol. The number of alkyl halides is 1. The van der Waals surface area contributed by atoms with Crippen LogP contribution in [0.1, 0.15) is 26.7 Å². The number of amides is 1. The van der Waals surface area contributed by atoms with Crippen LogP contribution < -0.4 is 5.32 Å². The molecule has 1 atom stereocenters. The Balaban J connectivity index is 2.39. The molecule has 1 unspecified atom stereocenters. The van der Waals surface area contributed by atoms with E-state index in [1.165, 1.54) is 0 Å². The Morgan fingerprint density at radius 1 is 1.69 bits per heavy atom. The molecule has 0 spiro atoms. The highest BCUT2D eigenvalue weighted by Gasteiger charge is 2.29. The molecule has 1 fully saturated rings. The lowest BCUT2D eigenvalue weighted by Crippen LogP contribution is -2.46.